The van der Waals surface area contributed by atoms with Gasteiger partial charge in [0.15, 0.2) is 0 Å². The maximum atomic E-state index is 12.9. The van der Waals surface area contributed by atoms with Crippen molar-refractivity contribution in [2.45, 2.75) is 23.1 Å². The number of ether oxygens (including phenoxy) is 1. The molecule has 2 saturated heterocycles. The molecule has 0 N–H and O–H groups in total. The first-order valence-electron chi connectivity index (χ1n) is 9.63. The Morgan fingerprint density at radius 2 is 1.76 bits per heavy atom. The van der Waals surface area contributed by atoms with E-state index < -0.39 is 5.38 Å². The molecule has 1 spiro atoms. The van der Waals surface area contributed by atoms with Crippen molar-refractivity contribution in [3.8, 4) is 5.75 Å². The molecule has 0 aromatic heterocycles. The van der Waals surface area contributed by atoms with Gasteiger partial charge in [-0.15, -0.1) is 23.4 Å². The second kappa shape index (κ2) is 8.28. The molecule has 2 aromatic rings. The normalized spacial score (nSPS) is 19.4. The van der Waals surface area contributed by atoms with Crippen molar-refractivity contribution in [1.82, 2.24) is 4.90 Å². The Balaban J connectivity index is 1.48. The van der Waals surface area contributed by atoms with Crippen LogP contribution in [-0.4, -0.2) is 47.5 Å². The second-order valence-corrected chi connectivity index (χ2v) is 9.03. The maximum absolute atomic E-state index is 12.9. The predicted octanol–water partition coefficient (Wildman–Crippen LogP) is 4.07. The topological polar surface area (TPSA) is 49.9 Å². The summed E-state index contributed by atoms with van der Waals surface area (Å²) in [6.45, 7) is 1.17. The quantitative estimate of drug-likeness (QED) is 0.686. The number of halogens is 1. The van der Waals surface area contributed by atoms with E-state index in [2.05, 4.69) is 0 Å². The van der Waals surface area contributed by atoms with Crippen molar-refractivity contribution in [2.75, 3.05) is 30.9 Å². The summed E-state index contributed by atoms with van der Waals surface area (Å²) in [5.41, 5.74) is 1.69. The van der Waals surface area contributed by atoms with Crippen LogP contribution in [0, 0.1) is 0 Å². The highest BCUT2D eigenvalue weighted by Gasteiger charge is 2.49. The van der Waals surface area contributed by atoms with Crippen LogP contribution < -0.4 is 9.64 Å². The Hall–Kier alpha value is -2.18. The van der Waals surface area contributed by atoms with E-state index in [-0.39, 0.29) is 16.7 Å². The summed E-state index contributed by atoms with van der Waals surface area (Å²) in [4.78, 5) is 29.0. The van der Waals surface area contributed by atoms with E-state index >= 15 is 0 Å². The third-order valence-corrected chi connectivity index (χ3v) is 7.58. The second-order valence-electron chi connectivity index (χ2n) is 7.26. The molecule has 152 valence electrons. The van der Waals surface area contributed by atoms with Crippen LogP contribution in [0.15, 0.2) is 54.6 Å². The monoisotopic (exact) mass is 430 g/mol. The van der Waals surface area contributed by atoms with E-state index in [1.165, 1.54) is 0 Å². The summed E-state index contributed by atoms with van der Waals surface area (Å²) in [6, 6.07) is 17.0. The minimum atomic E-state index is -0.680. The van der Waals surface area contributed by atoms with E-state index in [0.717, 1.165) is 29.8 Å². The number of alkyl halides is 1. The number of piperidine rings is 1. The molecule has 2 heterocycles. The van der Waals surface area contributed by atoms with Gasteiger partial charge in [-0.25, -0.2) is 0 Å². The minimum Gasteiger partial charge on any atom is -0.497 e. The van der Waals surface area contributed by atoms with Gasteiger partial charge in [-0.2, -0.15) is 0 Å². The number of nitrogens with zero attached hydrogens (tertiary/aromatic N) is 2. The van der Waals surface area contributed by atoms with Crippen LogP contribution in [0.2, 0.25) is 0 Å². The molecule has 2 amide bonds. The Labute approximate surface area is 180 Å². The zero-order chi connectivity index (χ0) is 20.4. The maximum Gasteiger partial charge on any atom is 0.245 e. The number of methoxy groups -OCH3 is 1. The van der Waals surface area contributed by atoms with Gasteiger partial charge in [0.1, 0.15) is 11.1 Å². The summed E-state index contributed by atoms with van der Waals surface area (Å²) in [7, 11) is 1.62. The van der Waals surface area contributed by atoms with E-state index in [0.29, 0.717) is 18.8 Å². The number of carbonyl (C=O) groups excluding carboxylic acids is 2. The van der Waals surface area contributed by atoms with Crippen molar-refractivity contribution in [2.24, 2.45) is 0 Å². The van der Waals surface area contributed by atoms with Crippen LogP contribution in [0.25, 0.3) is 0 Å². The van der Waals surface area contributed by atoms with Crippen LogP contribution in [0.4, 0.5) is 5.69 Å². The first kappa shape index (κ1) is 20.1. The number of anilines is 1. The lowest BCUT2D eigenvalue weighted by Crippen LogP contribution is -2.53. The fourth-order valence-corrected chi connectivity index (χ4v) is 5.64. The molecule has 5 nitrogen and oxygen atoms in total. The standard InChI is InChI=1S/C22H23ClN2O3S/c1-28-18-9-7-17(8-10-18)25-19(26)15-29-22(25)11-13-24(14-12-22)21(27)20(23)16-5-3-2-4-6-16/h2-10,20H,11-15H2,1H3/t20-/m0/s1. The Morgan fingerprint density at radius 3 is 2.38 bits per heavy atom. The molecular weight excluding hydrogens is 408 g/mol. The van der Waals surface area contributed by atoms with Gasteiger partial charge in [-0.1, -0.05) is 30.3 Å². The van der Waals surface area contributed by atoms with Crippen molar-refractivity contribution in [3.63, 3.8) is 0 Å². The lowest BCUT2D eigenvalue weighted by molar-refractivity contribution is -0.132. The minimum absolute atomic E-state index is 0.0713. The lowest BCUT2D eigenvalue weighted by Gasteiger charge is -2.44. The van der Waals surface area contributed by atoms with Gasteiger partial charge >= 0.3 is 0 Å². The molecule has 2 aliphatic rings. The zero-order valence-corrected chi connectivity index (χ0v) is 17.8. The first-order valence-corrected chi connectivity index (χ1v) is 11.1. The number of hydrogen-bond acceptors (Lipinski definition) is 4. The molecular formula is C22H23ClN2O3S. The Bertz CT molecular complexity index is 883. The number of carbonyl (C=O) groups is 2. The van der Waals surface area contributed by atoms with Crippen molar-refractivity contribution in [1.29, 1.82) is 0 Å². The van der Waals surface area contributed by atoms with Gasteiger partial charge in [0.05, 0.1) is 17.7 Å². The third kappa shape index (κ3) is 3.83. The molecule has 4 rings (SSSR count). The molecule has 29 heavy (non-hydrogen) atoms. The highest BCUT2D eigenvalue weighted by Crippen LogP contribution is 2.47. The number of likely N-dealkylation sites (tertiary alicyclic amines) is 1. The van der Waals surface area contributed by atoms with E-state index in [4.69, 9.17) is 16.3 Å². The fraction of sp³-hybridized carbons (Fsp3) is 0.364. The van der Waals surface area contributed by atoms with Crippen LogP contribution in [0.1, 0.15) is 23.8 Å². The molecule has 0 aliphatic carbocycles. The number of benzene rings is 2. The van der Waals surface area contributed by atoms with Crippen LogP contribution in [-0.2, 0) is 9.59 Å². The van der Waals surface area contributed by atoms with Crippen molar-refractivity contribution in [3.05, 3.63) is 60.2 Å². The molecule has 0 unspecified atom stereocenters. The number of rotatable bonds is 4. The average molecular weight is 431 g/mol. The Morgan fingerprint density at radius 1 is 1.10 bits per heavy atom. The predicted molar refractivity (Wildman–Crippen MR) is 117 cm³/mol. The van der Waals surface area contributed by atoms with Gasteiger partial charge in [0.25, 0.3) is 0 Å². The summed E-state index contributed by atoms with van der Waals surface area (Å²) < 4.78 is 5.23. The van der Waals surface area contributed by atoms with Gasteiger partial charge in [0, 0.05) is 18.8 Å². The number of thioether (sulfide) groups is 1. The highest BCUT2D eigenvalue weighted by atomic mass is 35.5. The number of amides is 2. The average Bonchev–Trinajstić information content (AvgIpc) is 3.09. The smallest absolute Gasteiger partial charge is 0.245 e. The van der Waals surface area contributed by atoms with Crippen LogP contribution in [0.3, 0.4) is 0 Å². The number of hydrogen-bond donors (Lipinski definition) is 0. The molecule has 0 radical (unpaired) electrons. The summed E-state index contributed by atoms with van der Waals surface area (Å²) in [5.74, 6) is 1.26. The van der Waals surface area contributed by atoms with Crippen LogP contribution in [0.5, 0.6) is 5.75 Å². The molecule has 2 aromatic carbocycles. The molecule has 2 fully saturated rings. The highest BCUT2D eigenvalue weighted by molar-refractivity contribution is 8.02. The molecule has 2 aliphatic heterocycles. The van der Waals surface area contributed by atoms with E-state index in [9.17, 15) is 9.59 Å². The third-order valence-electron chi connectivity index (χ3n) is 5.62. The molecule has 7 heteroatoms. The van der Waals surface area contributed by atoms with Gasteiger partial charge in [-0.3, -0.25) is 14.5 Å². The summed E-state index contributed by atoms with van der Waals surface area (Å²) in [5, 5.41) is -0.680. The van der Waals surface area contributed by atoms with Crippen molar-refractivity contribution >= 4 is 40.9 Å². The molecule has 1 atom stereocenters. The van der Waals surface area contributed by atoms with Gasteiger partial charge in [0.2, 0.25) is 11.8 Å². The molecule has 0 bridgehead atoms. The van der Waals surface area contributed by atoms with E-state index in [1.807, 2.05) is 64.4 Å². The van der Waals surface area contributed by atoms with Crippen LogP contribution >= 0.6 is 23.4 Å². The Kier molecular flexibility index (Phi) is 5.74. The van der Waals surface area contributed by atoms with E-state index in [1.54, 1.807) is 18.9 Å². The summed E-state index contributed by atoms with van der Waals surface area (Å²) >= 11 is 8.12. The van der Waals surface area contributed by atoms with Gasteiger partial charge < -0.3 is 9.64 Å². The molecule has 0 saturated carbocycles. The van der Waals surface area contributed by atoms with Crippen molar-refractivity contribution < 1.29 is 14.3 Å². The largest absolute Gasteiger partial charge is 0.497 e. The summed E-state index contributed by atoms with van der Waals surface area (Å²) in [6.07, 6.45) is 1.44. The zero-order valence-electron chi connectivity index (χ0n) is 16.2. The lowest BCUT2D eigenvalue weighted by atomic mass is 10.00. The SMILES string of the molecule is COc1ccc(N2C(=O)CSC23CCN(C(=O)[C@@H](Cl)c2ccccc2)CC3)cc1. The van der Waals surface area contributed by atoms with Gasteiger partial charge in [-0.05, 0) is 42.7 Å². The first-order chi connectivity index (χ1) is 14.0. The fourth-order valence-electron chi connectivity index (χ4n) is 4.03.